The molecule has 1 amide bonds. The Morgan fingerprint density at radius 2 is 2.33 bits per heavy atom. The van der Waals surface area contributed by atoms with Crippen molar-refractivity contribution in [3.05, 3.63) is 23.4 Å². The maximum atomic E-state index is 11.6. The number of nitrogens with zero attached hydrogens (tertiary/aromatic N) is 2. The number of fused-ring (bicyclic) bond motifs is 1. The van der Waals surface area contributed by atoms with E-state index in [0.717, 1.165) is 17.5 Å². The summed E-state index contributed by atoms with van der Waals surface area (Å²) in [6.45, 7) is 2.29. The van der Waals surface area contributed by atoms with Crippen molar-refractivity contribution in [2.24, 2.45) is 0 Å². The lowest BCUT2D eigenvalue weighted by atomic mass is 10.0. The van der Waals surface area contributed by atoms with Crippen LogP contribution in [-0.2, 0) is 11.2 Å². The van der Waals surface area contributed by atoms with E-state index in [4.69, 9.17) is 5.11 Å². The van der Waals surface area contributed by atoms with Crippen LogP contribution in [-0.4, -0.2) is 29.1 Å². The third-order valence-electron chi connectivity index (χ3n) is 2.57. The predicted octanol–water partition coefficient (Wildman–Crippen LogP) is 0.662. The van der Waals surface area contributed by atoms with Gasteiger partial charge in [-0.3, -0.25) is 9.69 Å². The Kier molecular flexibility index (Phi) is 2.68. The maximum absolute atomic E-state index is 11.6. The smallest absolute Gasteiger partial charge is 0.228 e. The molecule has 15 heavy (non-hydrogen) atoms. The number of aryl methyl sites for hydroxylation is 2. The second kappa shape index (κ2) is 3.98. The topological polar surface area (TPSA) is 53.4 Å². The van der Waals surface area contributed by atoms with Crippen LogP contribution in [0.1, 0.15) is 17.5 Å². The summed E-state index contributed by atoms with van der Waals surface area (Å²) in [4.78, 5) is 17.4. The largest absolute Gasteiger partial charge is 0.395 e. The molecule has 4 nitrogen and oxygen atoms in total. The zero-order chi connectivity index (χ0) is 10.8. The van der Waals surface area contributed by atoms with Crippen molar-refractivity contribution in [2.45, 2.75) is 19.8 Å². The van der Waals surface area contributed by atoms with E-state index in [0.29, 0.717) is 18.8 Å². The number of amides is 1. The molecule has 0 saturated heterocycles. The molecule has 0 saturated carbocycles. The van der Waals surface area contributed by atoms with Gasteiger partial charge in [0.05, 0.1) is 13.2 Å². The lowest BCUT2D eigenvalue weighted by molar-refractivity contribution is -0.119. The lowest BCUT2D eigenvalue weighted by Gasteiger charge is -2.27. The Hall–Kier alpha value is -1.42. The van der Waals surface area contributed by atoms with Crippen LogP contribution in [0.3, 0.4) is 0 Å². The van der Waals surface area contributed by atoms with Gasteiger partial charge in [0.25, 0.3) is 0 Å². The molecule has 0 fully saturated rings. The molecule has 0 spiro atoms. The van der Waals surface area contributed by atoms with Crippen LogP contribution < -0.4 is 4.90 Å². The molecule has 1 aliphatic heterocycles. The van der Waals surface area contributed by atoms with Crippen molar-refractivity contribution in [1.82, 2.24) is 4.98 Å². The number of aliphatic hydroxyl groups is 1. The van der Waals surface area contributed by atoms with Gasteiger partial charge >= 0.3 is 0 Å². The van der Waals surface area contributed by atoms with E-state index in [1.54, 1.807) is 11.1 Å². The van der Waals surface area contributed by atoms with Crippen molar-refractivity contribution in [1.29, 1.82) is 0 Å². The van der Waals surface area contributed by atoms with E-state index < -0.39 is 0 Å². The first-order valence-electron chi connectivity index (χ1n) is 5.09. The van der Waals surface area contributed by atoms with Crippen molar-refractivity contribution in [3.8, 4) is 0 Å². The van der Waals surface area contributed by atoms with Gasteiger partial charge in [0.2, 0.25) is 5.91 Å². The third kappa shape index (κ3) is 1.85. The van der Waals surface area contributed by atoms with Gasteiger partial charge in [0, 0.05) is 12.6 Å². The van der Waals surface area contributed by atoms with Gasteiger partial charge in [-0.25, -0.2) is 4.98 Å². The van der Waals surface area contributed by atoms with E-state index in [-0.39, 0.29) is 12.5 Å². The third-order valence-corrected chi connectivity index (χ3v) is 2.57. The van der Waals surface area contributed by atoms with Gasteiger partial charge in [-0.1, -0.05) is 6.07 Å². The first-order valence-corrected chi connectivity index (χ1v) is 5.09. The average molecular weight is 206 g/mol. The number of β-amino-alcohol motifs (C(OH)–C–C–N with tert-alkyl or cyclic N) is 1. The Morgan fingerprint density at radius 3 is 3.07 bits per heavy atom. The molecule has 2 heterocycles. The number of anilines is 1. The van der Waals surface area contributed by atoms with Crippen LogP contribution in [0.25, 0.3) is 0 Å². The van der Waals surface area contributed by atoms with Gasteiger partial charge < -0.3 is 5.11 Å². The summed E-state index contributed by atoms with van der Waals surface area (Å²) < 4.78 is 0. The first kappa shape index (κ1) is 10.1. The van der Waals surface area contributed by atoms with Crippen molar-refractivity contribution < 1.29 is 9.90 Å². The summed E-state index contributed by atoms with van der Waals surface area (Å²) in [6.07, 6.45) is 3.02. The quantitative estimate of drug-likeness (QED) is 0.773. The molecular weight excluding hydrogens is 192 g/mol. The molecule has 4 heteroatoms. The fourth-order valence-corrected chi connectivity index (χ4v) is 1.87. The monoisotopic (exact) mass is 206 g/mol. The van der Waals surface area contributed by atoms with Gasteiger partial charge in [0.1, 0.15) is 5.82 Å². The molecule has 0 unspecified atom stereocenters. The lowest BCUT2D eigenvalue weighted by Crippen LogP contribution is -2.37. The van der Waals surface area contributed by atoms with Crippen LogP contribution >= 0.6 is 0 Å². The normalized spacial score (nSPS) is 15.3. The Bertz CT molecular complexity index is 390. The molecule has 0 bridgehead atoms. The van der Waals surface area contributed by atoms with Gasteiger partial charge in [-0.05, 0) is 24.5 Å². The van der Waals surface area contributed by atoms with Crippen molar-refractivity contribution in [3.63, 3.8) is 0 Å². The Labute approximate surface area is 88.6 Å². The second-order valence-electron chi connectivity index (χ2n) is 3.76. The fraction of sp³-hybridized carbons (Fsp3) is 0.455. The average Bonchev–Trinajstić information content (AvgIpc) is 2.22. The van der Waals surface area contributed by atoms with Gasteiger partial charge in [-0.15, -0.1) is 0 Å². The Morgan fingerprint density at radius 1 is 1.53 bits per heavy atom. The highest BCUT2D eigenvalue weighted by Crippen LogP contribution is 2.25. The summed E-state index contributed by atoms with van der Waals surface area (Å²) in [5.74, 6) is 0.763. The number of rotatable bonds is 2. The molecule has 0 atom stereocenters. The number of aliphatic hydroxyl groups excluding tert-OH is 1. The van der Waals surface area contributed by atoms with Gasteiger partial charge in [0.15, 0.2) is 0 Å². The van der Waals surface area contributed by atoms with Crippen LogP contribution in [0.2, 0.25) is 0 Å². The number of aromatic nitrogens is 1. The number of carbonyl (C=O) groups excluding carboxylic acids is 1. The first-order chi connectivity index (χ1) is 7.22. The van der Waals surface area contributed by atoms with Crippen LogP contribution in [0.4, 0.5) is 5.82 Å². The van der Waals surface area contributed by atoms with E-state index in [9.17, 15) is 4.79 Å². The molecule has 1 aliphatic rings. The number of pyridine rings is 1. The minimum absolute atomic E-state index is 0.0270. The maximum Gasteiger partial charge on any atom is 0.228 e. The van der Waals surface area contributed by atoms with Crippen molar-refractivity contribution >= 4 is 11.7 Å². The summed E-state index contributed by atoms with van der Waals surface area (Å²) in [5, 5.41) is 8.89. The predicted molar refractivity (Wildman–Crippen MR) is 56.7 cm³/mol. The summed E-state index contributed by atoms with van der Waals surface area (Å²) in [5.41, 5.74) is 2.20. The van der Waals surface area contributed by atoms with E-state index >= 15 is 0 Å². The molecule has 0 radical (unpaired) electrons. The SMILES string of the molecule is Cc1cnc2c(c1)CCC(=O)N2CCO. The highest BCUT2D eigenvalue weighted by Gasteiger charge is 2.24. The molecular formula is C11H14N2O2. The van der Waals surface area contributed by atoms with Gasteiger partial charge in [-0.2, -0.15) is 0 Å². The van der Waals surface area contributed by atoms with E-state index in [1.807, 2.05) is 6.92 Å². The van der Waals surface area contributed by atoms with E-state index in [2.05, 4.69) is 11.1 Å². The summed E-state index contributed by atoms with van der Waals surface area (Å²) in [6, 6.07) is 2.05. The molecule has 1 aromatic heterocycles. The standard InChI is InChI=1S/C11H14N2O2/c1-8-6-9-2-3-10(15)13(4-5-14)11(9)12-7-8/h6-7,14H,2-5H2,1H3. The van der Waals surface area contributed by atoms with Crippen LogP contribution in [0, 0.1) is 6.92 Å². The minimum atomic E-state index is -0.0270. The highest BCUT2D eigenvalue weighted by molar-refractivity contribution is 5.95. The molecule has 2 rings (SSSR count). The van der Waals surface area contributed by atoms with Crippen molar-refractivity contribution in [2.75, 3.05) is 18.1 Å². The minimum Gasteiger partial charge on any atom is -0.395 e. The van der Waals surface area contributed by atoms with E-state index in [1.165, 1.54) is 0 Å². The zero-order valence-corrected chi connectivity index (χ0v) is 8.73. The number of hydrogen-bond acceptors (Lipinski definition) is 3. The summed E-state index contributed by atoms with van der Waals surface area (Å²) >= 11 is 0. The zero-order valence-electron chi connectivity index (χ0n) is 8.73. The molecule has 0 aliphatic carbocycles. The van der Waals surface area contributed by atoms with Crippen LogP contribution in [0.5, 0.6) is 0 Å². The summed E-state index contributed by atoms with van der Waals surface area (Å²) in [7, 11) is 0. The fourth-order valence-electron chi connectivity index (χ4n) is 1.87. The molecule has 1 N–H and O–H groups in total. The molecule has 80 valence electrons. The second-order valence-corrected chi connectivity index (χ2v) is 3.76. The highest BCUT2D eigenvalue weighted by atomic mass is 16.3. The number of hydrogen-bond donors (Lipinski definition) is 1. The van der Waals surface area contributed by atoms with Crippen LogP contribution in [0.15, 0.2) is 12.3 Å². The molecule has 0 aromatic carbocycles. The Balaban J connectivity index is 2.39. The molecule has 1 aromatic rings. The number of carbonyl (C=O) groups is 1.